The first kappa shape index (κ1) is 26.8. The molecule has 1 aromatic heterocycles. The van der Waals surface area contributed by atoms with E-state index in [2.05, 4.69) is 20.9 Å². The Kier molecular flexibility index (Phi) is 6.99. The number of aromatic nitrogens is 1. The van der Waals surface area contributed by atoms with Crippen molar-refractivity contribution >= 4 is 41.0 Å². The molecule has 2 aromatic carbocycles. The quantitative estimate of drug-likeness (QED) is 0.401. The molecule has 10 nitrogen and oxygen atoms in total. The van der Waals surface area contributed by atoms with Crippen LogP contribution in [-0.2, 0) is 9.59 Å². The van der Waals surface area contributed by atoms with E-state index in [0.717, 1.165) is 59.1 Å². The summed E-state index contributed by atoms with van der Waals surface area (Å²) in [4.78, 5) is 48.1. The van der Waals surface area contributed by atoms with Crippen LogP contribution < -0.4 is 25.6 Å². The van der Waals surface area contributed by atoms with Crippen molar-refractivity contribution in [3.05, 3.63) is 71.9 Å². The van der Waals surface area contributed by atoms with Gasteiger partial charge in [-0.05, 0) is 74.7 Å². The summed E-state index contributed by atoms with van der Waals surface area (Å²) in [5, 5.41) is 9.62. The summed E-state index contributed by atoms with van der Waals surface area (Å²) in [7, 11) is 0. The van der Waals surface area contributed by atoms with Gasteiger partial charge in [-0.2, -0.15) is 0 Å². The fraction of sp³-hybridized carbons (Fsp3) is 0.355. The van der Waals surface area contributed by atoms with Crippen LogP contribution >= 0.6 is 11.8 Å². The molecule has 11 heteroatoms. The summed E-state index contributed by atoms with van der Waals surface area (Å²) in [6, 6.07) is 16.0. The van der Waals surface area contributed by atoms with Crippen LogP contribution in [0.25, 0.3) is 0 Å². The molecular formula is C31H32N6O4S. The number of urea groups is 1. The number of ether oxygens (including phenoxy) is 1. The molecule has 0 aliphatic carbocycles. The van der Waals surface area contributed by atoms with E-state index >= 15 is 0 Å². The number of para-hydroxylation sites is 1. The molecule has 4 atom stereocenters. The van der Waals surface area contributed by atoms with Crippen molar-refractivity contribution in [2.45, 2.75) is 54.6 Å². The Morgan fingerprint density at radius 2 is 1.90 bits per heavy atom. The summed E-state index contributed by atoms with van der Waals surface area (Å²) < 4.78 is 5.98. The third kappa shape index (κ3) is 4.86. The summed E-state index contributed by atoms with van der Waals surface area (Å²) in [5.41, 5.74) is 3.17. The normalized spacial score (nSPS) is 24.4. The highest BCUT2D eigenvalue weighted by molar-refractivity contribution is 8.01. The lowest BCUT2D eigenvalue weighted by Crippen LogP contribution is -2.59. The monoisotopic (exact) mass is 584 g/mol. The fourth-order valence-corrected chi connectivity index (χ4v) is 7.37. The second-order valence-electron chi connectivity index (χ2n) is 11.1. The maximum absolute atomic E-state index is 13.6. The summed E-state index contributed by atoms with van der Waals surface area (Å²) in [5.74, 6) is 1.38. The number of carbonyl (C=O) groups excluding carboxylic acids is 3. The minimum absolute atomic E-state index is 0.0968. The zero-order valence-electron chi connectivity index (χ0n) is 23.2. The van der Waals surface area contributed by atoms with Gasteiger partial charge in [0.15, 0.2) is 0 Å². The Morgan fingerprint density at radius 1 is 1.07 bits per heavy atom. The number of hydrogen-bond acceptors (Lipinski definition) is 7. The Bertz CT molecular complexity index is 1550. The first-order chi connectivity index (χ1) is 20.5. The van der Waals surface area contributed by atoms with Crippen LogP contribution in [0.4, 0.5) is 16.2 Å². The van der Waals surface area contributed by atoms with Gasteiger partial charge in [-0.1, -0.05) is 30.0 Å². The lowest BCUT2D eigenvalue weighted by Gasteiger charge is -2.38. The number of pyridine rings is 1. The standard InChI is InChI=1S/C31H32N6O4S/c1-18-16-21(41-20-7-3-2-4-8-20)9-10-23(18)37-24-12-14-33-29-25(24)26(35-31(37)40)27(42-29)28(38)34-19-6-5-15-36(17-19)30(39)22-11-13-32-22/h2-4,7-10,12,14,16,19,22,26-27,32H,5-6,11,13,15,17H2,1H3,(H,34,38)(H,35,40)/t19-,22+,26?,27?/m1/s1. The Labute approximate surface area is 248 Å². The molecule has 4 aliphatic rings. The van der Waals surface area contributed by atoms with E-state index in [0.29, 0.717) is 18.8 Å². The number of rotatable bonds is 6. The van der Waals surface area contributed by atoms with Crippen LogP contribution in [0.15, 0.2) is 65.8 Å². The van der Waals surface area contributed by atoms with Gasteiger partial charge >= 0.3 is 6.03 Å². The van der Waals surface area contributed by atoms with Crippen molar-refractivity contribution in [2.75, 3.05) is 24.5 Å². The highest BCUT2D eigenvalue weighted by Crippen LogP contribution is 2.51. The van der Waals surface area contributed by atoms with Gasteiger partial charge in [0.1, 0.15) is 21.8 Å². The number of anilines is 2. The molecule has 42 heavy (non-hydrogen) atoms. The van der Waals surface area contributed by atoms with Crippen molar-refractivity contribution in [2.24, 2.45) is 0 Å². The number of carbonyl (C=O) groups is 3. The molecule has 3 aromatic rings. The summed E-state index contributed by atoms with van der Waals surface area (Å²) in [6.45, 7) is 4.04. The number of aryl methyl sites for hydroxylation is 1. The van der Waals surface area contributed by atoms with Crippen LogP contribution in [0.3, 0.4) is 0 Å². The second-order valence-corrected chi connectivity index (χ2v) is 12.3. The molecule has 216 valence electrons. The van der Waals surface area contributed by atoms with E-state index in [1.165, 1.54) is 11.8 Å². The van der Waals surface area contributed by atoms with Crippen LogP contribution in [-0.4, -0.2) is 64.7 Å². The van der Waals surface area contributed by atoms with Gasteiger partial charge in [0.05, 0.1) is 23.5 Å². The fourth-order valence-electron chi connectivity index (χ4n) is 6.13. The third-order valence-electron chi connectivity index (χ3n) is 8.35. The predicted octanol–water partition coefficient (Wildman–Crippen LogP) is 4.03. The van der Waals surface area contributed by atoms with E-state index in [4.69, 9.17) is 4.74 Å². The van der Waals surface area contributed by atoms with Gasteiger partial charge in [-0.25, -0.2) is 9.78 Å². The molecule has 0 bridgehead atoms. The summed E-state index contributed by atoms with van der Waals surface area (Å²) >= 11 is 1.38. The third-order valence-corrected chi connectivity index (χ3v) is 9.64. The average Bonchev–Trinajstić information content (AvgIpc) is 3.33. The number of piperidine rings is 1. The molecule has 7 rings (SSSR count). The second kappa shape index (κ2) is 11.0. The average molecular weight is 585 g/mol. The number of hydrogen-bond donors (Lipinski definition) is 3. The largest absolute Gasteiger partial charge is 0.457 e. The van der Waals surface area contributed by atoms with Crippen molar-refractivity contribution in [3.63, 3.8) is 0 Å². The molecule has 0 spiro atoms. The van der Waals surface area contributed by atoms with Gasteiger partial charge in [0.25, 0.3) is 0 Å². The van der Waals surface area contributed by atoms with Crippen LogP contribution in [0.1, 0.15) is 36.4 Å². The highest BCUT2D eigenvalue weighted by Gasteiger charge is 2.47. The number of amides is 4. The zero-order valence-corrected chi connectivity index (χ0v) is 24.0. The lowest BCUT2D eigenvalue weighted by molar-refractivity contribution is -0.137. The minimum Gasteiger partial charge on any atom is -0.457 e. The molecular weight excluding hydrogens is 552 g/mol. The van der Waals surface area contributed by atoms with Gasteiger partial charge in [-0.3, -0.25) is 14.5 Å². The molecule has 4 aliphatic heterocycles. The molecule has 3 N–H and O–H groups in total. The van der Waals surface area contributed by atoms with E-state index < -0.39 is 11.3 Å². The van der Waals surface area contributed by atoms with Crippen molar-refractivity contribution < 1.29 is 19.1 Å². The number of likely N-dealkylation sites (tertiary alicyclic amines) is 1. The zero-order chi connectivity index (χ0) is 28.8. The first-order valence-corrected chi connectivity index (χ1v) is 15.3. The van der Waals surface area contributed by atoms with E-state index in [9.17, 15) is 14.4 Å². The number of nitrogens with one attached hydrogen (secondary N) is 3. The Hall–Kier alpha value is -4.09. The number of thioether (sulfide) groups is 1. The molecule has 2 fully saturated rings. The predicted molar refractivity (Wildman–Crippen MR) is 159 cm³/mol. The molecule has 2 saturated heterocycles. The van der Waals surface area contributed by atoms with Crippen LogP contribution in [0.2, 0.25) is 0 Å². The topological polar surface area (TPSA) is 116 Å². The highest BCUT2D eigenvalue weighted by atomic mass is 32.2. The van der Waals surface area contributed by atoms with E-state index in [-0.39, 0.29) is 29.9 Å². The van der Waals surface area contributed by atoms with Gasteiger partial charge in [-0.15, -0.1) is 0 Å². The SMILES string of the molecule is Cc1cc(Oc2ccccc2)ccc1N1C(=O)NC2c3c1ccnc3SC2C(=O)N[C@@H]1CCCN(C(=O)[C@@H]2CCN2)C1. The Balaban J connectivity index is 1.09. The number of nitrogens with zero attached hydrogens (tertiary/aromatic N) is 3. The maximum Gasteiger partial charge on any atom is 0.327 e. The molecule has 5 heterocycles. The van der Waals surface area contributed by atoms with Gasteiger partial charge in [0.2, 0.25) is 11.8 Å². The van der Waals surface area contributed by atoms with E-state index in [1.54, 1.807) is 11.1 Å². The van der Waals surface area contributed by atoms with Crippen molar-refractivity contribution in [1.82, 2.24) is 25.8 Å². The van der Waals surface area contributed by atoms with Gasteiger partial charge < -0.3 is 25.6 Å². The van der Waals surface area contributed by atoms with Gasteiger partial charge in [0, 0.05) is 30.9 Å². The summed E-state index contributed by atoms with van der Waals surface area (Å²) in [6.07, 6.45) is 4.21. The van der Waals surface area contributed by atoms with Crippen molar-refractivity contribution in [3.8, 4) is 11.5 Å². The molecule has 2 unspecified atom stereocenters. The smallest absolute Gasteiger partial charge is 0.327 e. The Morgan fingerprint density at radius 3 is 2.67 bits per heavy atom. The maximum atomic E-state index is 13.6. The van der Waals surface area contributed by atoms with E-state index in [1.807, 2.05) is 66.4 Å². The van der Waals surface area contributed by atoms with Crippen molar-refractivity contribution in [1.29, 1.82) is 0 Å². The molecule has 0 saturated carbocycles. The lowest BCUT2D eigenvalue weighted by atomic mass is 9.98. The van der Waals surface area contributed by atoms with Crippen LogP contribution in [0, 0.1) is 6.92 Å². The first-order valence-electron chi connectivity index (χ1n) is 14.4. The van der Waals surface area contributed by atoms with Crippen LogP contribution in [0.5, 0.6) is 11.5 Å². The minimum atomic E-state index is -0.554. The molecule has 0 radical (unpaired) electrons. The molecule has 4 amide bonds. The number of benzene rings is 2.